The predicted molar refractivity (Wildman–Crippen MR) is 68.1 cm³/mol. The van der Waals surface area contributed by atoms with Crippen molar-refractivity contribution < 1.29 is 4.79 Å². The Balaban J connectivity index is 2.22. The molecule has 0 radical (unpaired) electrons. The number of amides is 1. The molecular weight excluding hydrogens is 238 g/mol. The third-order valence-corrected chi connectivity index (χ3v) is 2.47. The molecule has 3 N–H and O–H groups in total. The van der Waals surface area contributed by atoms with E-state index < -0.39 is 0 Å². The molecule has 0 spiro atoms. The summed E-state index contributed by atoms with van der Waals surface area (Å²) < 4.78 is 0. The minimum absolute atomic E-state index is 0.321. The third kappa shape index (κ3) is 2.73. The molecule has 2 aromatic rings. The fourth-order valence-corrected chi connectivity index (χ4v) is 1.49. The topological polar surface area (TPSA) is 68.0 Å². The van der Waals surface area contributed by atoms with Crippen molar-refractivity contribution in [1.29, 1.82) is 0 Å². The van der Waals surface area contributed by atoms with Gasteiger partial charge in [-0.25, -0.2) is 0 Å². The Hall–Kier alpha value is -2.07. The van der Waals surface area contributed by atoms with Crippen LogP contribution in [0.1, 0.15) is 10.5 Å². The van der Waals surface area contributed by atoms with E-state index in [1.807, 2.05) is 0 Å². The highest BCUT2D eigenvalue weighted by molar-refractivity contribution is 6.34. The highest BCUT2D eigenvalue weighted by Gasteiger charge is 2.09. The summed E-state index contributed by atoms with van der Waals surface area (Å²) in [6.07, 6.45) is 1.55. The molecule has 0 fully saturated rings. The van der Waals surface area contributed by atoms with Crippen molar-refractivity contribution in [3.8, 4) is 0 Å². The molecular formula is C12H10ClN3O. The summed E-state index contributed by atoms with van der Waals surface area (Å²) in [5, 5.41) is 3.09. The molecule has 1 aromatic heterocycles. The number of nitrogen functional groups attached to an aromatic ring is 1. The highest BCUT2D eigenvalue weighted by atomic mass is 35.5. The van der Waals surface area contributed by atoms with Gasteiger partial charge in [0, 0.05) is 11.9 Å². The Morgan fingerprint density at radius 1 is 1.29 bits per heavy atom. The lowest BCUT2D eigenvalue weighted by Crippen LogP contribution is -2.13. The van der Waals surface area contributed by atoms with Crippen LogP contribution in [0, 0.1) is 0 Å². The average Bonchev–Trinajstić information content (AvgIpc) is 2.35. The zero-order valence-electron chi connectivity index (χ0n) is 8.85. The van der Waals surface area contributed by atoms with Gasteiger partial charge in [0.25, 0.3) is 5.91 Å². The van der Waals surface area contributed by atoms with Gasteiger partial charge in [0.15, 0.2) is 0 Å². The number of anilines is 2. The summed E-state index contributed by atoms with van der Waals surface area (Å²) in [6.45, 7) is 0. The van der Waals surface area contributed by atoms with Crippen molar-refractivity contribution in [2.45, 2.75) is 0 Å². The molecule has 1 heterocycles. The molecule has 17 heavy (non-hydrogen) atoms. The van der Waals surface area contributed by atoms with Crippen LogP contribution in [0.4, 0.5) is 11.4 Å². The number of pyridine rings is 1. The number of hydrogen-bond acceptors (Lipinski definition) is 3. The van der Waals surface area contributed by atoms with Gasteiger partial charge in [0.05, 0.1) is 10.7 Å². The number of halogens is 1. The largest absolute Gasteiger partial charge is 0.399 e. The number of nitrogens with one attached hydrogen (secondary N) is 1. The standard InChI is InChI=1S/C12H10ClN3O/c13-9-5-4-8(14)7-11(9)16-12(17)10-3-1-2-6-15-10/h1-7H,14H2,(H,16,17). The lowest BCUT2D eigenvalue weighted by Gasteiger charge is -2.07. The van der Waals surface area contributed by atoms with E-state index in [1.54, 1.807) is 42.6 Å². The van der Waals surface area contributed by atoms with Crippen LogP contribution < -0.4 is 11.1 Å². The molecule has 0 aliphatic heterocycles. The molecule has 0 atom stereocenters. The van der Waals surface area contributed by atoms with Crippen LogP contribution in [-0.2, 0) is 0 Å². The molecule has 0 unspecified atom stereocenters. The van der Waals surface area contributed by atoms with E-state index >= 15 is 0 Å². The number of carbonyl (C=O) groups is 1. The molecule has 0 saturated heterocycles. The second-order valence-electron chi connectivity index (χ2n) is 3.41. The first-order valence-corrected chi connectivity index (χ1v) is 5.32. The van der Waals surface area contributed by atoms with E-state index in [2.05, 4.69) is 10.3 Å². The summed E-state index contributed by atoms with van der Waals surface area (Å²) in [4.78, 5) is 15.7. The van der Waals surface area contributed by atoms with E-state index in [-0.39, 0.29) is 5.91 Å². The van der Waals surface area contributed by atoms with Gasteiger partial charge >= 0.3 is 0 Å². The Morgan fingerprint density at radius 2 is 2.12 bits per heavy atom. The van der Waals surface area contributed by atoms with E-state index in [0.29, 0.717) is 22.1 Å². The molecule has 1 amide bonds. The van der Waals surface area contributed by atoms with E-state index in [9.17, 15) is 4.79 Å². The lowest BCUT2D eigenvalue weighted by molar-refractivity contribution is 0.102. The summed E-state index contributed by atoms with van der Waals surface area (Å²) in [7, 11) is 0. The Kier molecular flexibility index (Phi) is 3.25. The van der Waals surface area contributed by atoms with Gasteiger partial charge < -0.3 is 11.1 Å². The van der Waals surface area contributed by atoms with Crippen LogP contribution in [0.5, 0.6) is 0 Å². The number of rotatable bonds is 2. The maximum atomic E-state index is 11.8. The first-order chi connectivity index (χ1) is 8.16. The Bertz CT molecular complexity index is 543. The molecule has 0 bridgehead atoms. The molecule has 1 aromatic carbocycles. The average molecular weight is 248 g/mol. The number of aromatic nitrogens is 1. The number of nitrogens with zero attached hydrogens (tertiary/aromatic N) is 1. The maximum Gasteiger partial charge on any atom is 0.274 e. The van der Waals surface area contributed by atoms with E-state index in [0.717, 1.165) is 0 Å². The SMILES string of the molecule is Nc1ccc(Cl)c(NC(=O)c2ccccn2)c1. The van der Waals surface area contributed by atoms with Gasteiger partial charge in [0.1, 0.15) is 5.69 Å². The third-order valence-electron chi connectivity index (χ3n) is 2.14. The second-order valence-corrected chi connectivity index (χ2v) is 3.82. The lowest BCUT2D eigenvalue weighted by atomic mass is 10.2. The predicted octanol–water partition coefficient (Wildman–Crippen LogP) is 2.57. The number of nitrogens with two attached hydrogens (primary N) is 1. The van der Waals surface area contributed by atoms with Gasteiger partial charge in [-0.2, -0.15) is 0 Å². The summed E-state index contributed by atoms with van der Waals surface area (Å²) in [6, 6.07) is 10.00. The van der Waals surface area contributed by atoms with Gasteiger partial charge in [-0.3, -0.25) is 9.78 Å². The van der Waals surface area contributed by atoms with Crippen LogP contribution in [-0.4, -0.2) is 10.9 Å². The highest BCUT2D eigenvalue weighted by Crippen LogP contribution is 2.24. The van der Waals surface area contributed by atoms with Gasteiger partial charge in [0.2, 0.25) is 0 Å². The van der Waals surface area contributed by atoms with Crippen molar-refractivity contribution in [3.05, 3.63) is 53.3 Å². The quantitative estimate of drug-likeness (QED) is 0.802. The summed E-state index contributed by atoms with van der Waals surface area (Å²) >= 11 is 5.94. The van der Waals surface area contributed by atoms with Crippen molar-refractivity contribution in [2.24, 2.45) is 0 Å². The van der Waals surface area contributed by atoms with Crippen LogP contribution in [0.25, 0.3) is 0 Å². The summed E-state index contributed by atoms with van der Waals surface area (Å²) in [5.41, 5.74) is 6.95. The summed E-state index contributed by atoms with van der Waals surface area (Å²) in [5.74, 6) is -0.321. The first kappa shape index (κ1) is 11.4. The van der Waals surface area contributed by atoms with Crippen LogP contribution in [0.15, 0.2) is 42.6 Å². The number of hydrogen-bond donors (Lipinski definition) is 2. The van der Waals surface area contributed by atoms with Gasteiger partial charge in [-0.05, 0) is 30.3 Å². The van der Waals surface area contributed by atoms with Crippen LogP contribution in [0.3, 0.4) is 0 Å². The molecule has 86 valence electrons. The van der Waals surface area contributed by atoms with E-state index in [1.165, 1.54) is 0 Å². The molecule has 0 aliphatic rings. The second kappa shape index (κ2) is 4.84. The van der Waals surface area contributed by atoms with Crippen molar-refractivity contribution in [3.63, 3.8) is 0 Å². The minimum Gasteiger partial charge on any atom is -0.399 e. The normalized spacial score (nSPS) is 9.94. The fraction of sp³-hybridized carbons (Fsp3) is 0. The fourth-order valence-electron chi connectivity index (χ4n) is 1.32. The Morgan fingerprint density at radius 3 is 2.82 bits per heavy atom. The maximum absolute atomic E-state index is 11.8. The zero-order chi connectivity index (χ0) is 12.3. The van der Waals surface area contributed by atoms with Gasteiger partial charge in [-0.15, -0.1) is 0 Å². The van der Waals surface area contributed by atoms with Crippen LogP contribution >= 0.6 is 11.6 Å². The van der Waals surface area contributed by atoms with Crippen molar-refractivity contribution >= 4 is 28.9 Å². The molecule has 5 heteroatoms. The monoisotopic (exact) mass is 247 g/mol. The smallest absolute Gasteiger partial charge is 0.274 e. The van der Waals surface area contributed by atoms with Crippen molar-refractivity contribution in [2.75, 3.05) is 11.1 Å². The molecule has 0 aliphatic carbocycles. The first-order valence-electron chi connectivity index (χ1n) is 4.94. The number of benzene rings is 1. The molecule has 0 saturated carbocycles. The zero-order valence-corrected chi connectivity index (χ0v) is 9.61. The van der Waals surface area contributed by atoms with E-state index in [4.69, 9.17) is 17.3 Å². The van der Waals surface area contributed by atoms with Gasteiger partial charge in [-0.1, -0.05) is 17.7 Å². The van der Waals surface area contributed by atoms with Crippen LogP contribution in [0.2, 0.25) is 5.02 Å². The number of carbonyl (C=O) groups excluding carboxylic acids is 1. The minimum atomic E-state index is -0.321. The van der Waals surface area contributed by atoms with Crippen molar-refractivity contribution in [1.82, 2.24) is 4.98 Å². The molecule has 2 rings (SSSR count). The molecule has 4 nitrogen and oxygen atoms in total. The Labute approximate surface area is 103 Å².